The third-order valence-electron chi connectivity index (χ3n) is 4.55. The molecule has 1 fully saturated rings. The smallest absolute Gasteiger partial charge is 0.224 e. The summed E-state index contributed by atoms with van der Waals surface area (Å²) in [6.07, 6.45) is 3.89. The first-order valence-corrected chi connectivity index (χ1v) is 8.20. The van der Waals surface area contributed by atoms with Gasteiger partial charge < -0.3 is 5.32 Å². The molecule has 3 rings (SSSR count). The molecule has 1 aliphatic rings. The van der Waals surface area contributed by atoms with Crippen molar-refractivity contribution in [3.63, 3.8) is 0 Å². The van der Waals surface area contributed by atoms with Crippen LogP contribution in [0.3, 0.4) is 0 Å². The summed E-state index contributed by atoms with van der Waals surface area (Å²) in [6, 6.07) is 18.5. The zero-order valence-electron chi connectivity index (χ0n) is 13.1. The standard InChI is InChI=1S/C20H23NO/c1-2-16-14-19(16)17-9-11-18(12-10-17)21-20(22)13-8-15-6-4-3-5-7-15/h3-7,9-12,16,19H,2,8,13-14H2,1H3,(H,21,22). The van der Waals surface area contributed by atoms with Crippen molar-refractivity contribution in [3.05, 3.63) is 65.7 Å². The third kappa shape index (κ3) is 3.76. The quantitative estimate of drug-likeness (QED) is 0.816. The molecule has 0 saturated heterocycles. The van der Waals surface area contributed by atoms with Crippen molar-refractivity contribution in [3.8, 4) is 0 Å². The van der Waals surface area contributed by atoms with Crippen LogP contribution in [0.2, 0.25) is 0 Å². The zero-order chi connectivity index (χ0) is 15.4. The normalized spacial score (nSPS) is 19.7. The minimum absolute atomic E-state index is 0.0782. The van der Waals surface area contributed by atoms with E-state index >= 15 is 0 Å². The van der Waals surface area contributed by atoms with Crippen molar-refractivity contribution in [2.45, 2.75) is 38.5 Å². The molecule has 2 aromatic rings. The number of amides is 1. The number of carbonyl (C=O) groups excluding carboxylic acids is 1. The Morgan fingerprint density at radius 1 is 1.09 bits per heavy atom. The summed E-state index contributed by atoms with van der Waals surface area (Å²) in [5, 5.41) is 2.98. The highest BCUT2D eigenvalue weighted by atomic mass is 16.1. The lowest BCUT2D eigenvalue weighted by Crippen LogP contribution is -2.12. The van der Waals surface area contributed by atoms with Crippen LogP contribution >= 0.6 is 0 Å². The van der Waals surface area contributed by atoms with Crippen LogP contribution in [0, 0.1) is 5.92 Å². The molecule has 2 nitrogen and oxygen atoms in total. The van der Waals surface area contributed by atoms with Gasteiger partial charge in [-0.25, -0.2) is 0 Å². The van der Waals surface area contributed by atoms with Gasteiger partial charge in [0, 0.05) is 12.1 Å². The second kappa shape index (κ2) is 6.78. The van der Waals surface area contributed by atoms with Gasteiger partial charge in [-0.15, -0.1) is 0 Å². The Morgan fingerprint density at radius 2 is 1.82 bits per heavy atom. The largest absolute Gasteiger partial charge is 0.326 e. The maximum Gasteiger partial charge on any atom is 0.224 e. The number of carbonyl (C=O) groups is 1. The Hall–Kier alpha value is -2.09. The van der Waals surface area contributed by atoms with E-state index in [0.29, 0.717) is 6.42 Å². The fourth-order valence-corrected chi connectivity index (χ4v) is 3.05. The van der Waals surface area contributed by atoms with E-state index in [-0.39, 0.29) is 5.91 Å². The molecular formula is C20H23NO. The van der Waals surface area contributed by atoms with Crippen LogP contribution in [0.15, 0.2) is 54.6 Å². The first-order chi connectivity index (χ1) is 10.8. The van der Waals surface area contributed by atoms with E-state index in [1.165, 1.54) is 24.0 Å². The molecule has 0 aromatic heterocycles. The van der Waals surface area contributed by atoms with E-state index in [1.54, 1.807) is 0 Å². The van der Waals surface area contributed by atoms with Crippen LogP contribution in [-0.2, 0) is 11.2 Å². The summed E-state index contributed by atoms with van der Waals surface area (Å²) in [6.45, 7) is 2.26. The molecule has 2 unspecified atom stereocenters. The molecule has 0 radical (unpaired) electrons. The van der Waals surface area contributed by atoms with Crippen molar-refractivity contribution in [1.82, 2.24) is 0 Å². The van der Waals surface area contributed by atoms with E-state index in [2.05, 4.69) is 36.5 Å². The number of nitrogens with one attached hydrogen (secondary N) is 1. The van der Waals surface area contributed by atoms with Gasteiger partial charge in [-0.2, -0.15) is 0 Å². The van der Waals surface area contributed by atoms with Gasteiger partial charge in [0.2, 0.25) is 5.91 Å². The van der Waals surface area contributed by atoms with Crippen LogP contribution in [0.4, 0.5) is 5.69 Å². The highest BCUT2D eigenvalue weighted by molar-refractivity contribution is 5.90. The molecule has 2 aromatic carbocycles. The van der Waals surface area contributed by atoms with E-state index in [9.17, 15) is 4.79 Å². The number of benzene rings is 2. The van der Waals surface area contributed by atoms with Gasteiger partial charge in [0.05, 0.1) is 0 Å². The third-order valence-corrected chi connectivity index (χ3v) is 4.55. The molecule has 1 N–H and O–H groups in total. The van der Waals surface area contributed by atoms with Crippen molar-refractivity contribution in [2.24, 2.45) is 5.92 Å². The van der Waals surface area contributed by atoms with E-state index in [0.717, 1.165) is 23.9 Å². The average molecular weight is 293 g/mol. The Morgan fingerprint density at radius 3 is 2.45 bits per heavy atom. The zero-order valence-corrected chi connectivity index (χ0v) is 13.1. The van der Waals surface area contributed by atoms with E-state index < -0.39 is 0 Å². The first kappa shape index (κ1) is 14.8. The molecule has 22 heavy (non-hydrogen) atoms. The number of rotatable bonds is 6. The number of aryl methyl sites for hydroxylation is 1. The van der Waals surface area contributed by atoms with Gasteiger partial charge in [-0.1, -0.05) is 55.8 Å². The number of hydrogen-bond donors (Lipinski definition) is 1. The van der Waals surface area contributed by atoms with Crippen molar-refractivity contribution < 1.29 is 4.79 Å². The lowest BCUT2D eigenvalue weighted by Gasteiger charge is -2.07. The van der Waals surface area contributed by atoms with E-state index in [1.807, 2.05) is 30.3 Å². The van der Waals surface area contributed by atoms with Gasteiger partial charge in [0.1, 0.15) is 0 Å². The molecule has 1 amide bonds. The maximum atomic E-state index is 12.0. The SMILES string of the molecule is CCC1CC1c1ccc(NC(=O)CCc2ccccc2)cc1. The summed E-state index contributed by atoms with van der Waals surface area (Å²) >= 11 is 0. The predicted molar refractivity (Wildman–Crippen MR) is 91.0 cm³/mol. The monoisotopic (exact) mass is 293 g/mol. The topological polar surface area (TPSA) is 29.1 Å². The Kier molecular flexibility index (Phi) is 4.57. The van der Waals surface area contributed by atoms with Gasteiger partial charge in [-0.3, -0.25) is 4.79 Å². The lowest BCUT2D eigenvalue weighted by molar-refractivity contribution is -0.116. The van der Waals surface area contributed by atoms with Gasteiger partial charge >= 0.3 is 0 Å². The first-order valence-electron chi connectivity index (χ1n) is 8.20. The molecule has 0 heterocycles. The van der Waals surface area contributed by atoms with Crippen molar-refractivity contribution in [1.29, 1.82) is 0 Å². The highest BCUT2D eigenvalue weighted by Gasteiger charge is 2.36. The Bertz CT molecular complexity index is 618. The minimum Gasteiger partial charge on any atom is -0.326 e. The Labute approximate surface area is 132 Å². The maximum absolute atomic E-state index is 12.0. The molecule has 0 bridgehead atoms. The predicted octanol–water partition coefficient (Wildman–Crippen LogP) is 4.77. The molecule has 0 aliphatic heterocycles. The molecular weight excluding hydrogens is 270 g/mol. The van der Waals surface area contributed by atoms with Gasteiger partial charge in [0.25, 0.3) is 0 Å². The molecule has 2 atom stereocenters. The number of hydrogen-bond acceptors (Lipinski definition) is 1. The second-order valence-electron chi connectivity index (χ2n) is 6.17. The average Bonchev–Trinajstić information content (AvgIpc) is 3.34. The van der Waals surface area contributed by atoms with Gasteiger partial charge in [0.15, 0.2) is 0 Å². The summed E-state index contributed by atoms with van der Waals surface area (Å²) < 4.78 is 0. The molecule has 2 heteroatoms. The van der Waals surface area contributed by atoms with Crippen LogP contribution in [0.5, 0.6) is 0 Å². The Balaban J connectivity index is 1.49. The van der Waals surface area contributed by atoms with Crippen LogP contribution in [0.1, 0.15) is 43.2 Å². The number of anilines is 1. The van der Waals surface area contributed by atoms with Crippen molar-refractivity contribution >= 4 is 11.6 Å². The fraction of sp³-hybridized carbons (Fsp3) is 0.350. The summed E-state index contributed by atoms with van der Waals surface area (Å²) in [7, 11) is 0. The summed E-state index contributed by atoms with van der Waals surface area (Å²) in [5.41, 5.74) is 3.51. The van der Waals surface area contributed by atoms with Crippen LogP contribution < -0.4 is 5.32 Å². The summed E-state index contributed by atoms with van der Waals surface area (Å²) in [5.74, 6) is 1.69. The summed E-state index contributed by atoms with van der Waals surface area (Å²) in [4.78, 5) is 12.0. The van der Waals surface area contributed by atoms with Crippen molar-refractivity contribution in [2.75, 3.05) is 5.32 Å². The molecule has 0 spiro atoms. The molecule has 1 saturated carbocycles. The molecule has 114 valence electrons. The fourth-order valence-electron chi connectivity index (χ4n) is 3.05. The second-order valence-corrected chi connectivity index (χ2v) is 6.17. The van der Waals surface area contributed by atoms with Crippen LogP contribution in [0.25, 0.3) is 0 Å². The van der Waals surface area contributed by atoms with E-state index in [4.69, 9.17) is 0 Å². The van der Waals surface area contributed by atoms with Crippen LogP contribution in [-0.4, -0.2) is 5.91 Å². The molecule has 1 aliphatic carbocycles. The lowest BCUT2D eigenvalue weighted by atomic mass is 10.1. The highest BCUT2D eigenvalue weighted by Crippen LogP contribution is 2.49. The minimum atomic E-state index is 0.0782. The van der Waals surface area contributed by atoms with Gasteiger partial charge in [-0.05, 0) is 47.9 Å².